The van der Waals surface area contributed by atoms with E-state index in [1.54, 1.807) is 36.4 Å². The molecule has 2 aromatic rings. The smallest absolute Gasteiger partial charge is 0.266 e. The number of hydrogen-bond donors (Lipinski definition) is 2. The molecule has 0 aromatic heterocycles. The van der Waals surface area contributed by atoms with E-state index >= 15 is 0 Å². The van der Waals surface area contributed by atoms with E-state index in [2.05, 4.69) is 5.32 Å². The van der Waals surface area contributed by atoms with Crippen molar-refractivity contribution >= 4 is 40.3 Å². The van der Waals surface area contributed by atoms with Crippen LogP contribution in [0.3, 0.4) is 0 Å². The standard InChI is InChI=1S/C16H11IN2O2/c17-14-9-11(6-7-15(14)20)8-12(10-18)16(21)19-13-4-2-1-3-5-13/h1-9,20H,(H,19,21)/b12-8+. The van der Waals surface area contributed by atoms with Crippen molar-refractivity contribution in [2.75, 3.05) is 5.32 Å². The summed E-state index contributed by atoms with van der Waals surface area (Å²) in [6.07, 6.45) is 1.49. The summed E-state index contributed by atoms with van der Waals surface area (Å²) in [5.41, 5.74) is 1.31. The van der Waals surface area contributed by atoms with Gasteiger partial charge < -0.3 is 10.4 Å². The number of nitrogens with one attached hydrogen (secondary N) is 1. The Hall–Kier alpha value is -2.33. The Balaban J connectivity index is 2.22. The summed E-state index contributed by atoms with van der Waals surface area (Å²) in [5.74, 6) is -0.299. The molecule has 4 nitrogen and oxygen atoms in total. The van der Waals surface area contributed by atoms with E-state index in [1.807, 2.05) is 34.7 Å². The number of nitrogens with zero attached hydrogens (tertiary/aromatic N) is 1. The Morgan fingerprint density at radius 1 is 1.24 bits per heavy atom. The maximum absolute atomic E-state index is 12.0. The number of para-hydroxylation sites is 1. The third kappa shape index (κ3) is 4.07. The molecule has 0 radical (unpaired) electrons. The van der Waals surface area contributed by atoms with Gasteiger partial charge in [0, 0.05) is 5.69 Å². The van der Waals surface area contributed by atoms with E-state index in [4.69, 9.17) is 5.26 Å². The molecule has 0 saturated carbocycles. The van der Waals surface area contributed by atoms with Gasteiger partial charge in [0.15, 0.2) is 0 Å². The second-order valence-electron chi connectivity index (χ2n) is 4.20. The fraction of sp³-hybridized carbons (Fsp3) is 0. The largest absolute Gasteiger partial charge is 0.507 e. The van der Waals surface area contributed by atoms with E-state index in [0.29, 0.717) is 14.8 Å². The highest BCUT2D eigenvalue weighted by molar-refractivity contribution is 14.1. The van der Waals surface area contributed by atoms with Crippen molar-refractivity contribution in [2.45, 2.75) is 0 Å². The number of carbonyl (C=O) groups is 1. The molecule has 2 rings (SSSR count). The summed E-state index contributed by atoms with van der Waals surface area (Å²) < 4.78 is 0.655. The fourth-order valence-corrected chi connectivity index (χ4v) is 2.19. The molecule has 5 heteroatoms. The number of rotatable bonds is 3. The summed E-state index contributed by atoms with van der Waals surface area (Å²) in [4.78, 5) is 12.0. The quantitative estimate of drug-likeness (QED) is 0.479. The summed E-state index contributed by atoms with van der Waals surface area (Å²) in [6.45, 7) is 0. The van der Waals surface area contributed by atoms with Crippen LogP contribution in [-0.4, -0.2) is 11.0 Å². The average molecular weight is 390 g/mol. The number of hydrogen-bond acceptors (Lipinski definition) is 3. The highest BCUT2D eigenvalue weighted by Gasteiger charge is 2.09. The lowest BCUT2D eigenvalue weighted by molar-refractivity contribution is -0.112. The first-order valence-electron chi connectivity index (χ1n) is 6.07. The molecule has 0 aliphatic carbocycles. The third-order valence-electron chi connectivity index (χ3n) is 2.68. The van der Waals surface area contributed by atoms with Crippen LogP contribution in [0.25, 0.3) is 6.08 Å². The van der Waals surface area contributed by atoms with Crippen molar-refractivity contribution in [2.24, 2.45) is 0 Å². The molecule has 0 heterocycles. The van der Waals surface area contributed by atoms with Gasteiger partial charge in [-0.3, -0.25) is 4.79 Å². The summed E-state index contributed by atoms with van der Waals surface area (Å²) >= 11 is 1.98. The normalized spacial score (nSPS) is 10.8. The molecule has 0 atom stereocenters. The highest BCUT2D eigenvalue weighted by atomic mass is 127. The van der Waals surface area contributed by atoms with Crippen LogP contribution in [0.2, 0.25) is 0 Å². The van der Waals surface area contributed by atoms with Crippen LogP contribution in [0.1, 0.15) is 5.56 Å². The van der Waals surface area contributed by atoms with Crippen LogP contribution in [0.4, 0.5) is 5.69 Å². The first-order valence-corrected chi connectivity index (χ1v) is 7.15. The van der Waals surface area contributed by atoms with Crippen LogP contribution in [0.15, 0.2) is 54.1 Å². The number of carbonyl (C=O) groups excluding carboxylic acids is 1. The van der Waals surface area contributed by atoms with Crippen molar-refractivity contribution < 1.29 is 9.90 Å². The Bertz CT molecular complexity index is 734. The maximum Gasteiger partial charge on any atom is 0.266 e. The SMILES string of the molecule is N#C/C(=C\c1ccc(O)c(I)c1)C(=O)Nc1ccccc1. The molecule has 1 amide bonds. The number of halogens is 1. The van der Waals surface area contributed by atoms with Crippen molar-refractivity contribution in [3.05, 3.63) is 63.2 Å². The topological polar surface area (TPSA) is 73.1 Å². The highest BCUT2D eigenvalue weighted by Crippen LogP contribution is 2.21. The molecule has 0 bridgehead atoms. The lowest BCUT2D eigenvalue weighted by Crippen LogP contribution is -2.13. The minimum Gasteiger partial charge on any atom is -0.507 e. The molecule has 104 valence electrons. The lowest BCUT2D eigenvalue weighted by Gasteiger charge is -2.04. The van der Waals surface area contributed by atoms with Gasteiger partial charge in [-0.15, -0.1) is 0 Å². The summed E-state index contributed by atoms with van der Waals surface area (Å²) in [5, 5.41) is 21.3. The minimum absolute atomic E-state index is 0.000317. The Kier molecular flexibility index (Phi) is 4.95. The van der Waals surface area contributed by atoms with Gasteiger partial charge in [0.05, 0.1) is 3.57 Å². The maximum atomic E-state index is 12.0. The molecule has 0 spiro atoms. The molecular weight excluding hydrogens is 379 g/mol. The van der Waals surface area contributed by atoms with Crippen molar-refractivity contribution in [3.8, 4) is 11.8 Å². The third-order valence-corrected chi connectivity index (χ3v) is 3.54. The zero-order valence-corrected chi connectivity index (χ0v) is 13.0. The average Bonchev–Trinajstić information content (AvgIpc) is 2.49. The summed E-state index contributed by atoms with van der Waals surface area (Å²) in [7, 11) is 0. The molecule has 0 saturated heterocycles. The molecule has 2 N–H and O–H groups in total. The Morgan fingerprint density at radius 2 is 1.95 bits per heavy atom. The molecule has 21 heavy (non-hydrogen) atoms. The van der Waals surface area contributed by atoms with Crippen LogP contribution < -0.4 is 5.32 Å². The van der Waals surface area contributed by atoms with Gasteiger partial charge in [0.1, 0.15) is 17.4 Å². The minimum atomic E-state index is -0.466. The van der Waals surface area contributed by atoms with E-state index in [1.165, 1.54) is 12.1 Å². The number of aromatic hydroxyl groups is 1. The van der Waals surface area contributed by atoms with Crippen molar-refractivity contribution in [3.63, 3.8) is 0 Å². The zero-order chi connectivity index (χ0) is 15.2. The van der Waals surface area contributed by atoms with Gasteiger partial charge in [-0.2, -0.15) is 5.26 Å². The number of amides is 1. The van der Waals surface area contributed by atoms with Gasteiger partial charge in [-0.25, -0.2) is 0 Å². The number of nitriles is 1. The van der Waals surface area contributed by atoms with Gasteiger partial charge >= 0.3 is 0 Å². The molecule has 2 aromatic carbocycles. The predicted molar refractivity (Wildman–Crippen MR) is 89.5 cm³/mol. The second kappa shape index (κ2) is 6.90. The van der Waals surface area contributed by atoms with Gasteiger partial charge in [-0.1, -0.05) is 24.3 Å². The van der Waals surface area contributed by atoms with Crippen molar-refractivity contribution in [1.82, 2.24) is 0 Å². The van der Waals surface area contributed by atoms with Crippen LogP contribution in [-0.2, 0) is 4.79 Å². The van der Waals surface area contributed by atoms with Crippen LogP contribution >= 0.6 is 22.6 Å². The van der Waals surface area contributed by atoms with E-state index < -0.39 is 5.91 Å². The number of phenols is 1. The molecular formula is C16H11IN2O2. The lowest BCUT2D eigenvalue weighted by atomic mass is 10.1. The zero-order valence-electron chi connectivity index (χ0n) is 10.9. The second-order valence-corrected chi connectivity index (χ2v) is 5.36. The van der Waals surface area contributed by atoms with Crippen LogP contribution in [0.5, 0.6) is 5.75 Å². The van der Waals surface area contributed by atoms with E-state index in [9.17, 15) is 9.90 Å². The van der Waals surface area contributed by atoms with E-state index in [-0.39, 0.29) is 11.3 Å². The molecule has 0 aliphatic rings. The predicted octanol–water partition coefficient (Wildman–Crippen LogP) is 3.54. The van der Waals surface area contributed by atoms with Crippen LogP contribution in [0, 0.1) is 14.9 Å². The molecule has 0 unspecified atom stereocenters. The Labute approximate surface area is 135 Å². The first-order chi connectivity index (χ1) is 10.1. The Morgan fingerprint density at radius 3 is 2.57 bits per heavy atom. The number of benzene rings is 2. The molecule has 0 aliphatic heterocycles. The van der Waals surface area contributed by atoms with Gasteiger partial charge in [-0.05, 0) is 58.5 Å². The molecule has 0 fully saturated rings. The van der Waals surface area contributed by atoms with Gasteiger partial charge in [0.25, 0.3) is 5.91 Å². The number of anilines is 1. The van der Waals surface area contributed by atoms with E-state index in [0.717, 1.165) is 0 Å². The monoisotopic (exact) mass is 390 g/mol. The summed E-state index contributed by atoms with van der Waals surface area (Å²) in [6, 6.07) is 15.7. The van der Waals surface area contributed by atoms with Crippen molar-refractivity contribution in [1.29, 1.82) is 5.26 Å². The van der Waals surface area contributed by atoms with Gasteiger partial charge in [0.2, 0.25) is 0 Å². The number of phenolic OH excluding ortho intramolecular Hbond substituents is 1. The fourth-order valence-electron chi connectivity index (χ4n) is 1.65. The first kappa shape index (κ1) is 15.1.